The second kappa shape index (κ2) is 5.06. The summed E-state index contributed by atoms with van der Waals surface area (Å²) >= 11 is 0. The molecule has 2 rings (SSSR count). The van der Waals surface area contributed by atoms with E-state index in [2.05, 4.69) is 16.0 Å². The lowest BCUT2D eigenvalue weighted by atomic mass is 10.1. The Morgan fingerprint density at radius 1 is 1.28 bits per heavy atom. The zero-order chi connectivity index (χ0) is 13.0. The summed E-state index contributed by atoms with van der Waals surface area (Å²) in [6, 6.07) is 8.98. The summed E-state index contributed by atoms with van der Waals surface area (Å²) in [5.41, 5.74) is 1.40. The number of nitrogens with zero attached hydrogens (tertiary/aromatic N) is 4. The minimum Gasteiger partial charge on any atom is -0.310 e. The van der Waals surface area contributed by atoms with Crippen LogP contribution in [0, 0.1) is 11.3 Å². The average molecular weight is 238 g/mol. The van der Waals surface area contributed by atoms with Crippen LogP contribution in [0.4, 0.5) is 5.69 Å². The molecule has 1 aromatic heterocycles. The summed E-state index contributed by atoms with van der Waals surface area (Å²) in [6.45, 7) is 0. The van der Waals surface area contributed by atoms with Crippen LogP contribution in [-0.2, 0) is 0 Å². The number of hydrogen-bond donors (Lipinski definition) is 0. The smallest absolute Gasteiger partial charge is 0.261 e. The fourth-order valence-corrected chi connectivity index (χ4v) is 1.57. The highest BCUT2D eigenvalue weighted by Gasteiger charge is 2.16. The molecule has 1 amide bonds. The third kappa shape index (κ3) is 2.18. The fraction of sp³-hybridized carbons (Fsp3) is 0.0769. The van der Waals surface area contributed by atoms with E-state index in [4.69, 9.17) is 5.26 Å². The van der Waals surface area contributed by atoms with Gasteiger partial charge in [0.15, 0.2) is 0 Å². The molecule has 0 fully saturated rings. The molecule has 0 saturated carbocycles. The van der Waals surface area contributed by atoms with E-state index < -0.39 is 0 Å². The Bertz CT molecular complexity index is 604. The van der Waals surface area contributed by atoms with E-state index in [1.165, 1.54) is 23.6 Å². The van der Waals surface area contributed by atoms with Gasteiger partial charge in [-0.05, 0) is 12.1 Å². The van der Waals surface area contributed by atoms with E-state index in [1.54, 1.807) is 31.3 Å². The molecule has 0 radical (unpaired) electrons. The predicted octanol–water partition coefficient (Wildman–Crippen LogP) is 1.62. The number of carbonyl (C=O) groups is 1. The molecule has 0 spiro atoms. The first-order valence-electron chi connectivity index (χ1n) is 5.26. The van der Waals surface area contributed by atoms with Crippen LogP contribution in [0.3, 0.4) is 0 Å². The van der Waals surface area contributed by atoms with Gasteiger partial charge in [-0.15, -0.1) is 0 Å². The molecule has 5 heteroatoms. The lowest BCUT2D eigenvalue weighted by Gasteiger charge is -2.18. The monoisotopic (exact) mass is 238 g/mol. The maximum Gasteiger partial charge on any atom is 0.261 e. The van der Waals surface area contributed by atoms with Crippen molar-refractivity contribution in [2.75, 3.05) is 11.9 Å². The molecule has 2 aromatic rings. The fourth-order valence-electron chi connectivity index (χ4n) is 1.57. The molecule has 5 nitrogen and oxygen atoms in total. The Kier molecular flexibility index (Phi) is 3.30. The Hall–Kier alpha value is -2.74. The highest BCUT2D eigenvalue weighted by Crippen LogP contribution is 2.19. The lowest BCUT2D eigenvalue weighted by Crippen LogP contribution is -2.27. The third-order valence-corrected chi connectivity index (χ3v) is 2.50. The number of amides is 1. The van der Waals surface area contributed by atoms with Gasteiger partial charge >= 0.3 is 0 Å². The highest BCUT2D eigenvalue weighted by atomic mass is 16.2. The van der Waals surface area contributed by atoms with Gasteiger partial charge < -0.3 is 4.90 Å². The van der Waals surface area contributed by atoms with Crippen molar-refractivity contribution in [3.63, 3.8) is 0 Å². The molecular formula is C13H10N4O. The normalized spacial score (nSPS) is 9.56. The second-order valence-corrected chi connectivity index (χ2v) is 3.62. The number of carbonyl (C=O) groups excluding carboxylic acids is 1. The first-order chi connectivity index (χ1) is 8.74. The number of benzene rings is 1. The van der Waals surface area contributed by atoms with Crippen molar-refractivity contribution in [2.45, 2.75) is 0 Å². The van der Waals surface area contributed by atoms with Crippen LogP contribution in [0.2, 0.25) is 0 Å². The molecular weight excluding hydrogens is 228 g/mol. The SMILES string of the molecule is CN(C(=O)c1cncnc1)c1ccccc1C#N. The molecule has 18 heavy (non-hydrogen) atoms. The predicted molar refractivity (Wildman–Crippen MR) is 65.9 cm³/mol. The van der Waals surface area contributed by atoms with E-state index in [0.717, 1.165) is 0 Å². The molecule has 0 bridgehead atoms. The molecule has 1 heterocycles. The van der Waals surface area contributed by atoms with Crippen LogP contribution in [0.5, 0.6) is 0 Å². The van der Waals surface area contributed by atoms with Gasteiger partial charge in [-0.1, -0.05) is 12.1 Å². The highest BCUT2D eigenvalue weighted by molar-refractivity contribution is 6.05. The van der Waals surface area contributed by atoms with Crippen LogP contribution in [0.15, 0.2) is 43.0 Å². The number of aromatic nitrogens is 2. The minimum atomic E-state index is -0.252. The molecule has 0 unspecified atom stereocenters. The summed E-state index contributed by atoms with van der Waals surface area (Å²) in [5.74, 6) is -0.252. The van der Waals surface area contributed by atoms with Crippen molar-refractivity contribution in [3.8, 4) is 6.07 Å². The summed E-state index contributed by atoms with van der Waals surface area (Å²) in [5, 5.41) is 9.01. The number of anilines is 1. The summed E-state index contributed by atoms with van der Waals surface area (Å²) in [4.78, 5) is 21.2. The van der Waals surface area contributed by atoms with Gasteiger partial charge in [0.05, 0.1) is 16.8 Å². The van der Waals surface area contributed by atoms with Crippen LogP contribution in [0.1, 0.15) is 15.9 Å². The molecule has 0 aliphatic rings. The van der Waals surface area contributed by atoms with Crippen molar-refractivity contribution in [1.82, 2.24) is 9.97 Å². The number of rotatable bonds is 2. The molecule has 0 atom stereocenters. The molecule has 0 N–H and O–H groups in total. The van der Waals surface area contributed by atoms with Gasteiger partial charge in [0.1, 0.15) is 12.4 Å². The van der Waals surface area contributed by atoms with Crippen LogP contribution < -0.4 is 4.90 Å². The van der Waals surface area contributed by atoms with Gasteiger partial charge in [0, 0.05) is 19.4 Å². The zero-order valence-corrected chi connectivity index (χ0v) is 9.74. The minimum absolute atomic E-state index is 0.252. The van der Waals surface area contributed by atoms with E-state index in [0.29, 0.717) is 16.8 Å². The average Bonchev–Trinajstić information content (AvgIpc) is 2.46. The first kappa shape index (κ1) is 11.7. The van der Waals surface area contributed by atoms with E-state index in [9.17, 15) is 4.79 Å². The largest absolute Gasteiger partial charge is 0.310 e. The summed E-state index contributed by atoms with van der Waals surface area (Å²) < 4.78 is 0. The van der Waals surface area contributed by atoms with Crippen LogP contribution in [-0.4, -0.2) is 22.9 Å². The van der Waals surface area contributed by atoms with Crippen LogP contribution >= 0.6 is 0 Å². The van der Waals surface area contributed by atoms with Crippen molar-refractivity contribution in [2.24, 2.45) is 0 Å². The van der Waals surface area contributed by atoms with Crippen LogP contribution in [0.25, 0.3) is 0 Å². The maximum atomic E-state index is 12.1. The van der Waals surface area contributed by atoms with E-state index in [-0.39, 0.29) is 5.91 Å². The zero-order valence-electron chi connectivity index (χ0n) is 9.74. The van der Waals surface area contributed by atoms with E-state index in [1.807, 2.05) is 0 Å². The first-order valence-corrected chi connectivity index (χ1v) is 5.26. The van der Waals surface area contributed by atoms with Crippen molar-refractivity contribution in [1.29, 1.82) is 5.26 Å². The molecule has 1 aromatic carbocycles. The van der Waals surface area contributed by atoms with Gasteiger partial charge in [0.25, 0.3) is 5.91 Å². The second-order valence-electron chi connectivity index (χ2n) is 3.62. The molecule has 0 saturated heterocycles. The lowest BCUT2D eigenvalue weighted by molar-refractivity contribution is 0.0992. The van der Waals surface area contributed by atoms with Gasteiger partial charge in [0.2, 0.25) is 0 Å². The van der Waals surface area contributed by atoms with Crippen molar-refractivity contribution < 1.29 is 4.79 Å². The van der Waals surface area contributed by atoms with Crippen molar-refractivity contribution in [3.05, 3.63) is 54.1 Å². The Morgan fingerprint density at radius 3 is 2.61 bits per heavy atom. The quantitative estimate of drug-likeness (QED) is 0.797. The Morgan fingerprint density at radius 2 is 1.94 bits per heavy atom. The Labute approximate surface area is 104 Å². The molecule has 0 aliphatic heterocycles. The molecule has 88 valence electrons. The van der Waals surface area contributed by atoms with Crippen molar-refractivity contribution >= 4 is 11.6 Å². The van der Waals surface area contributed by atoms with E-state index >= 15 is 0 Å². The molecule has 0 aliphatic carbocycles. The summed E-state index contributed by atoms with van der Waals surface area (Å²) in [6.07, 6.45) is 4.25. The maximum absolute atomic E-state index is 12.1. The number of hydrogen-bond acceptors (Lipinski definition) is 4. The number of para-hydroxylation sites is 1. The Balaban J connectivity index is 2.35. The number of nitriles is 1. The standard InChI is InChI=1S/C13H10N4O/c1-17(12-5-3-2-4-10(12)6-14)13(18)11-7-15-9-16-8-11/h2-5,7-9H,1H3. The third-order valence-electron chi connectivity index (χ3n) is 2.50. The summed E-state index contributed by atoms with van der Waals surface area (Å²) in [7, 11) is 1.62. The van der Waals surface area contributed by atoms with Gasteiger partial charge in [-0.2, -0.15) is 5.26 Å². The van der Waals surface area contributed by atoms with Gasteiger partial charge in [-0.3, -0.25) is 4.79 Å². The van der Waals surface area contributed by atoms with Gasteiger partial charge in [-0.25, -0.2) is 9.97 Å². The topological polar surface area (TPSA) is 69.9 Å².